The van der Waals surface area contributed by atoms with Crippen molar-refractivity contribution >= 4 is 5.57 Å². The van der Waals surface area contributed by atoms with Gasteiger partial charge in [0.1, 0.15) is 0 Å². The van der Waals surface area contributed by atoms with Gasteiger partial charge >= 0.3 is 0 Å². The van der Waals surface area contributed by atoms with Gasteiger partial charge in [-0.05, 0) is 75.0 Å². The van der Waals surface area contributed by atoms with E-state index in [9.17, 15) is 0 Å². The van der Waals surface area contributed by atoms with Crippen molar-refractivity contribution in [1.82, 2.24) is 0 Å². The molecule has 0 bridgehead atoms. The van der Waals surface area contributed by atoms with Crippen LogP contribution in [0.4, 0.5) is 0 Å². The first-order valence-electron chi connectivity index (χ1n) is 6.42. The zero-order valence-corrected chi connectivity index (χ0v) is 12.5. The van der Waals surface area contributed by atoms with Gasteiger partial charge in [0.15, 0.2) is 0 Å². The normalized spacial score (nSPS) is 13.3. The molecule has 0 fully saturated rings. The minimum atomic E-state index is 1.14. The second-order valence-electron chi connectivity index (χ2n) is 5.16. The molecule has 1 aromatic rings. The van der Waals surface area contributed by atoms with E-state index in [1.807, 2.05) is 0 Å². The molecule has 1 aromatic carbocycles. The van der Waals surface area contributed by atoms with Crippen LogP contribution in [0.1, 0.15) is 44.4 Å². The Morgan fingerprint density at radius 3 is 2.22 bits per heavy atom. The quantitative estimate of drug-likeness (QED) is 0.601. The van der Waals surface area contributed by atoms with E-state index < -0.39 is 0 Å². The lowest BCUT2D eigenvalue weighted by Gasteiger charge is -2.10. The highest BCUT2D eigenvalue weighted by Gasteiger charge is 2.03. The van der Waals surface area contributed by atoms with Crippen molar-refractivity contribution in [2.75, 3.05) is 0 Å². The predicted molar refractivity (Wildman–Crippen MR) is 82.8 cm³/mol. The van der Waals surface area contributed by atoms with Gasteiger partial charge in [0.2, 0.25) is 0 Å². The van der Waals surface area contributed by atoms with Crippen LogP contribution in [-0.4, -0.2) is 0 Å². The number of allylic oxidation sites excluding steroid dienone is 5. The lowest BCUT2D eigenvalue weighted by molar-refractivity contribution is 1.27. The number of hydrogen-bond donors (Lipinski definition) is 0. The van der Waals surface area contributed by atoms with Crippen LogP contribution in [0.15, 0.2) is 47.6 Å². The lowest BCUT2D eigenvalue weighted by atomic mass is 9.95. The van der Waals surface area contributed by atoms with Gasteiger partial charge in [0.25, 0.3) is 0 Å². The SMILES string of the molecule is C=C(C)/C(C)=C(C)/C=C(\C)c1cccc(C)c1C. The average Bonchev–Trinajstić information content (AvgIpc) is 2.31. The van der Waals surface area contributed by atoms with E-state index in [2.05, 4.69) is 72.4 Å². The molecular formula is C18H24. The molecule has 0 atom stereocenters. The molecule has 0 nitrogen and oxygen atoms in total. The minimum absolute atomic E-state index is 1.14. The fourth-order valence-electron chi connectivity index (χ4n) is 2.03. The van der Waals surface area contributed by atoms with Crippen molar-refractivity contribution in [3.05, 3.63) is 64.3 Å². The smallest absolute Gasteiger partial charge is 0.0195 e. The molecule has 0 spiro atoms. The van der Waals surface area contributed by atoms with Gasteiger partial charge in [0, 0.05) is 0 Å². The van der Waals surface area contributed by atoms with Gasteiger partial charge in [0.05, 0.1) is 0 Å². The molecular weight excluding hydrogens is 216 g/mol. The van der Waals surface area contributed by atoms with Crippen LogP contribution in [-0.2, 0) is 0 Å². The Balaban J connectivity index is 3.23. The summed E-state index contributed by atoms with van der Waals surface area (Å²) in [6.07, 6.45) is 2.26. The Morgan fingerprint density at radius 1 is 1.06 bits per heavy atom. The topological polar surface area (TPSA) is 0 Å². The number of hydrogen-bond acceptors (Lipinski definition) is 0. The van der Waals surface area contributed by atoms with E-state index in [0.29, 0.717) is 0 Å². The van der Waals surface area contributed by atoms with E-state index >= 15 is 0 Å². The average molecular weight is 240 g/mol. The molecule has 0 radical (unpaired) electrons. The van der Waals surface area contributed by atoms with Crippen molar-refractivity contribution in [3.8, 4) is 0 Å². The maximum absolute atomic E-state index is 4.00. The molecule has 0 heteroatoms. The summed E-state index contributed by atoms with van der Waals surface area (Å²) < 4.78 is 0. The highest BCUT2D eigenvalue weighted by Crippen LogP contribution is 2.24. The van der Waals surface area contributed by atoms with Crippen LogP contribution in [0.3, 0.4) is 0 Å². The van der Waals surface area contributed by atoms with Crippen molar-refractivity contribution in [1.29, 1.82) is 0 Å². The van der Waals surface area contributed by atoms with Crippen molar-refractivity contribution in [2.45, 2.75) is 41.5 Å². The molecule has 96 valence electrons. The molecule has 0 heterocycles. The van der Waals surface area contributed by atoms with E-state index in [1.165, 1.54) is 33.4 Å². The molecule has 0 unspecified atom stereocenters. The minimum Gasteiger partial charge on any atom is -0.0958 e. The van der Waals surface area contributed by atoms with Gasteiger partial charge in [-0.15, -0.1) is 0 Å². The molecule has 0 saturated heterocycles. The second kappa shape index (κ2) is 5.86. The third-order valence-electron chi connectivity index (χ3n) is 3.69. The van der Waals surface area contributed by atoms with Gasteiger partial charge < -0.3 is 0 Å². The molecule has 0 N–H and O–H groups in total. The molecule has 0 aromatic heterocycles. The standard InChI is InChI=1S/C18H24/c1-12(2)16(6)14(4)11-15(5)18-10-8-9-13(3)17(18)7/h8-11H,1H2,2-7H3/b15-11+,16-14+. The van der Waals surface area contributed by atoms with E-state index in [-0.39, 0.29) is 0 Å². The van der Waals surface area contributed by atoms with Crippen LogP contribution in [0.2, 0.25) is 0 Å². The predicted octanol–water partition coefficient (Wildman–Crippen LogP) is 5.62. The van der Waals surface area contributed by atoms with E-state index in [4.69, 9.17) is 0 Å². The van der Waals surface area contributed by atoms with E-state index in [1.54, 1.807) is 0 Å². The molecule has 0 saturated carbocycles. The lowest BCUT2D eigenvalue weighted by Crippen LogP contribution is -1.90. The number of rotatable bonds is 3. The summed E-state index contributed by atoms with van der Waals surface area (Å²) in [5.41, 5.74) is 9.07. The summed E-state index contributed by atoms with van der Waals surface area (Å²) in [7, 11) is 0. The van der Waals surface area contributed by atoms with Crippen molar-refractivity contribution < 1.29 is 0 Å². The van der Waals surface area contributed by atoms with Crippen LogP contribution < -0.4 is 0 Å². The monoisotopic (exact) mass is 240 g/mol. The van der Waals surface area contributed by atoms with Crippen LogP contribution in [0, 0.1) is 13.8 Å². The molecule has 0 amide bonds. The first-order chi connectivity index (χ1) is 8.34. The molecule has 0 aliphatic heterocycles. The van der Waals surface area contributed by atoms with Crippen LogP contribution in [0.25, 0.3) is 5.57 Å². The summed E-state index contributed by atoms with van der Waals surface area (Å²) in [5.74, 6) is 0. The fraction of sp³-hybridized carbons (Fsp3) is 0.333. The third kappa shape index (κ3) is 3.22. The molecule has 18 heavy (non-hydrogen) atoms. The van der Waals surface area contributed by atoms with Gasteiger partial charge in [-0.3, -0.25) is 0 Å². The fourth-order valence-corrected chi connectivity index (χ4v) is 2.03. The van der Waals surface area contributed by atoms with Gasteiger partial charge in [-0.25, -0.2) is 0 Å². The highest BCUT2D eigenvalue weighted by atomic mass is 14.1. The summed E-state index contributed by atoms with van der Waals surface area (Å²) in [6, 6.07) is 6.48. The molecule has 1 rings (SSSR count). The van der Waals surface area contributed by atoms with Gasteiger partial charge in [-0.1, -0.05) is 36.4 Å². The summed E-state index contributed by atoms with van der Waals surface area (Å²) in [6.45, 7) is 16.9. The van der Waals surface area contributed by atoms with Gasteiger partial charge in [-0.2, -0.15) is 0 Å². The first-order valence-corrected chi connectivity index (χ1v) is 6.42. The van der Waals surface area contributed by atoms with Crippen molar-refractivity contribution in [2.24, 2.45) is 0 Å². The zero-order chi connectivity index (χ0) is 13.9. The molecule has 0 aliphatic carbocycles. The Morgan fingerprint density at radius 2 is 1.67 bits per heavy atom. The Hall–Kier alpha value is -1.56. The largest absolute Gasteiger partial charge is 0.0958 e. The highest BCUT2D eigenvalue weighted by molar-refractivity contribution is 5.70. The number of aryl methyl sites for hydroxylation is 1. The second-order valence-corrected chi connectivity index (χ2v) is 5.16. The summed E-state index contributed by atoms with van der Waals surface area (Å²) in [4.78, 5) is 0. The third-order valence-corrected chi connectivity index (χ3v) is 3.69. The van der Waals surface area contributed by atoms with Crippen molar-refractivity contribution in [3.63, 3.8) is 0 Å². The molecule has 0 aliphatic rings. The zero-order valence-electron chi connectivity index (χ0n) is 12.5. The van der Waals surface area contributed by atoms with Crippen LogP contribution in [0.5, 0.6) is 0 Å². The maximum Gasteiger partial charge on any atom is -0.0195 e. The first kappa shape index (κ1) is 14.5. The van der Waals surface area contributed by atoms with E-state index in [0.717, 1.165) is 5.57 Å². The Kier molecular flexibility index (Phi) is 4.72. The maximum atomic E-state index is 4.00. The number of benzene rings is 1. The summed E-state index contributed by atoms with van der Waals surface area (Å²) in [5, 5.41) is 0. The van der Waals surface area contributed by atoms with Crippen LogP contribution >= 0.6 is 0 Å². The Bertz CT molecular complexity index is 525. The Labute approximate surface area is 112 Å². The summed E-state index contributed by atoms with van der Waals surface area (Å²) >= 11 is 0.